The van der Waals surface area contributed by atoms with Gasteiger partial charge in [0.1, 0.15) is 6.29 Å². The number of benzene rings is 1. The van der Waals surface area contributed by atoms with Crippen molar-refractivity contribution in [2.75, 3.05) is 33.2 Å². The molecule has 1 unspecified atom stereocenters. The van der Waals surface area contributed by atoms with Crippen molar-refractivity contribution in [2.24, 2.45) is 0 Å². The number of hydrogen-bond acceptors (Lipinski definition) is 3. The number of rotatable bonds is 4. The highest BCUT2D eigenvalue weighted by Crippen LogP contribution is 2.16. The van der Waals surface area contributed by atoms with Crippen LogP contribution in [-0.2, 0) is 11.3 Å². The summed E-state index contributed by atoms with van der Waals surface area (Å²) in [5, 5.41) is 0. The lowest BCUT2D eigenvalue weighted by Crippen LogP contribution is -2.43. The maximum absolute atomic E-state index is 10.8. The van der Waals surface area contributed by atoms with Crippen LogP contribution in [0.25, 0.3) is 0 Å². The van der Waals surface area contributed by atoms with Crippen LogP contribution in [0.4, 0.5) is 0 Å². The lowest BCUT2D eigenvalue weighted by atomic mass is 10.0. The summed E-state index contributed by atoms with van der Waals surface area (Å²) in [5.74, 6) is -0.00237. The highest BCUT2D eigenvalue weighted by Gasteiger charge is 2.14. The molecule has 2 rings (SSSR count). The van der Waals surface area contributed by atoms with E-state index in [1.807, 2.05) is 13.0 Å². The predicted octanol–water partition coefficient (Wildman–Crippen LogP) is 1.74. The molecule has 0 radical (unpaired) electrons. The quantitative estimate of drug-likeness (QED) is 0.756. The average molecular weight is 246 g/mol. The lowest BCUT2D eigenvalue weighted by Gasteiger charge is -2.32. The molecule has 3 nitrogen and oxygen atoms in total. The van der Waals surface area contributed by atoms with Gasteiger partial charge in [0.2, 0.25) is 0 Å². The van der Waals surface area contributed by atoms with Crippen molar-refractivity contribution >= 4 is 6.29 Å². The van der Waals surface area contributed by atoms with Gasteiger partial charge in [-0.2, -0.15) is 0 Å². The first-order valence-corrected chi connectivity index (χ1v) is 6.64. The van der Waals surface area contributed by atoms with Crippen molar-refractivity contribution in [2.45, 2.75) is 19.4 Å². The third kappa shape index (κ3) is 3.40. The van der Waals surface area contributed by atoms with Crippen LogP contribution < -0.4 is 0 Å². The van der Waals surface area contributed by atoms with Gasteiger partial charge in [0.15, 0.2) is 0 Å². The number of aldehydes is 1. The molecule has 1 heterocycles. The van der Waals surface area contributed by atoms with Gasteiger partial charge in [0.05, 0.1) is 0 Å². The first-order chi connectivity index (χ1) is 8.69. The number of carbonyl (C=O) groups is 1. The van der Waals surface area contributed by atoms with E-state index in [9.17, 15) is 4.79 Å². The largest absolute Gasteiger partial charge is 0.304 e. The molecule has 18 heavy (non-hydrogen) atoms. The molecule has 0 amide bonds. The van der Waals surface area contributed by atoms with E-state index in [1.165, 1.54) is 5.56 Å². The van der Waals surface area contributed by atoms with Gasteiger partial charge in [-0.1, -0.05) is 31.2 Å². The van der Waals surface area contributed by atoms with Crippen LogP contribution in [0.2, 0.25) is 0 Å². The first-order valence-electron chi connectivity index (χ1n) is 6.64. The number of carbonyl (C=O) groups excluding carboxylic acids is 1. The Morgan fingerprint density at radius 3 is 2.67 bits per heavy atom. The van der Waals surface area contributed by atoms with Crippen LogP contribution in [0.3, 0.4) is 0 Å². The van der Waals surface area contributed by atoms with Gasteiger partial charge in [0, 0.05) is 38.6 Å². The molecular weight excluding hydrogens is 224 g/mol. The van der Waals surface area contributed by atoms with E-state index in [1.54, 1.807) is 0 Å². The molecule has 0 saturated carbocycles. The second kappa shape index (κ2) is 6.12. The van der Waals surface area contributed by atoms with E-state index >= 15 is 0 Å². The normalized spacial score (nSPS) is 19.7. The van der Waals surface area contributed by atoms with Crippen LogP contribution in [0.5, 0.6) is 0 Å². The Labute approximate surface area is 109 Å². The Morgan fingerprint density at radius 1 is 1.28 bits per heavy atom. The molecule has 1 fully saturated rings. The summed E-state index contributed by atoms with van der Waals surface area (Å²) in [5.41, 5.74) is 2.43. The van der Waals surface area contributed by atoms with Gasteiger partial charge < -0.3 is 9.69 Å². The number of likely N-dealkylation sites (N-methyl/N-ethyl adjacent to an activating group) is 1. The highest BCUT2D eigenvalue weighted by atomic mass is 16.1. The van der Waals surface area contributed by atoms with E-state index in [2.05, 4.69) is 35.0 Å². The highest BCUT2D eigenvalue weighted by molar-refractivity contribution is 5.61. The summed E-state index contributed by atoms with van der Waals surface area (Å²) in [6, 6.07) is 8.41. The molecule has 1 aromatic carbocycles. The molecule has 1 aliphatic rings. The first kappa shape index (κ1) is 13.2. The summed E-state index contributed by atoms with van der Waals surface area (Å²) >= 11 is 0. The summed E-state index contributed by atoms with van der Waals surface area (Å²) in [4.78, 5) is 15.7. The number of piperazine rings is 1. The Balaban J connectivity index is 1.99. The Hall–Kier alpha value is -1.19. The molecule has 98 valence electrons. The smallest absolute Gasteiger partial charge is 0.127 e. The van der Waals surface area contributed by atoms with E-state index in [-0.39, 0.29) is 5.92 Å². The van der Waals surface area contributed by atoms with Crippen LogP contribution in [-0.4, -0.2) is 49.3 Å². The molecule has 1 aliphatic heterocycles. The number of hydrogen-bond donors (Lipinski definition) is 0. The standard InChI is InChI=1S/C15H22N2O/c1-13(12-18)15-5-3-4-14(10-15)11-17-8-6-16(2)7-9-17/h3-5,10,12-13H,6-9,11H2,1-2H3. The third-order valence-corrected chi connectivity index (χ3v) is 3.68. The van der Waals surface area contributed by atoms with Crippen LogP contribution in [0.15, 0.2) is 24.3 Å². The van der Waals surface area contributed by atoms with Gasteiger partial charge >= 0.3 is 0 Å². The van der Waals surface area contributed by atoms with Gasteiger partial charge in [-0.3, -0.25) is 4.90 Å². The van der Waals surface area contributed by atoms with E-state index in [0.29, 0.717) is 0 Å². The van der Waals surface area contributed by atoms with Crippen molar-refractivity contribution in [3.63, 3.8) is 0 Å². The van der Waals surface area contributed by atoms with Gasteiger partial charge in [-0.05, 0) is 18.2 Å². The van der Waals surface area contributed by atoms with Gasteiger partial charge in [-0.15, -0.1) is 0 Å². The third-order valence-electron chi connectivity index (χ3n) is 3.68. The molecule has 1 saturated heterocycles. The van der Waals surface area contributed by atoms with Crippen LogP contribution in [0, 0.1) is 0 Å². The second-order valence-electron chi connectivity index (χ2n) is 5.25. The molecule has 0 bridgehead atoms. The predicted molar refractivity (Wildman–Crippen MR) is 73.7 cm³/mol. The van der Waals surface area contributed by atoms with Crippen molar-refractivity contribution in [1.29, 1.82) is 0 Å². The SMILES string of the molecule is CC(C=O)c1cccc(CN2CCN(C)CC2)c1. The molecule has 0 spiro atoms. The van der Waals surface area contributed by atoms with Crippen molar-refractivity contribution in [3.8, 4) is 0 Å². The molecule has 0 aliphatic carbocycles. The molecule has 3 heteroatoms. The maximum atomic E-state index is 10.8. The van der Waals surface area contributed by atoms with Crippen molar-refractivity contribution < 1.29 is 4.79 Å². The molecule has 1 atom stereocenters. The van der Waals surface area contributed by atoms with Gasteiger partial charge in [-0.25, -0.2) is 0 Å². The maximum Gasteiger partial charge on any atom is 0.127 e. The average Bonchev–Trinajstić information content (AvgIpc) is 2.41. The summed E-state index contributed by atoms with van der Waals surface area (Å²) in [7, 11) is 2.17. The minimum atomic E-state index is -0.00237. The van der Waals surface area contributed by atoms with E-state index in [4.69, 9.17) is 0 Å². The topological polar surface area (TPSA) is 23.6 Å². The monoisotopic (exact) mass is 246 g/mol. The summed E-state index contributed by atoms with van der Waals surface area (Å²) in [6.45, 7) is 7.48. The minimum Gasteiger partial charge on any atom is -0.304 e. The van der Waals surface area contributed by atoms with E-state index in [0.717, 1.165) is 44.6 Å². The Kier molecular flexibility index (Phi) is 4.50. The Morgan fingerprint density at radius 2 is 2.00 bits per heavy atom. The van der Waals surface area contributed by atoms with Crippen molar-refractivity contribution in [3.05, 3.63) is 35.4 Å². The lowest BCUT2D eigenvalue weighted by molar-refractivity contribution is -0.108. The minimum absolute atomic E-state index is 0.00237. The van der Waals surface area contributed by atoms with Crippen molar-refractivity contribution in [1.82, 2.24) is 9.80 Å². The fourth-order valence-corrected chi connectivity index (χ4v) is 2.32. The number of nitrogens with zero attached hydrogens (tertiary/aromatic N) is 2. The van der Waals surface area contributed by atoms with Crippen LogP contribution in [0.1, 0.15) is 24.0 Å². The zero-order chi connectivity index (χ0) is 13.0. The molecule has 1 aromatic rings. The second-order valence-corrected chi connectivity index (χ2v) is 5.25. The van der Waals surface area contributed by atoms with Crippen LogP contribution >= 0.6 is 0 Å². The summed E-state index contributed by atoms with van der Waals surface area (Å²) < 4.78 is 0. The zero-order valence-corrected chi connectivity index (χ0v) is 11.3. The zero-order valence-electron chi connectivity index (χ0n) is 11.3. The Bertz CT molecular complexity index is 397. The molecule has 0 N–H and O–H groups in total. The van der Waals surface area contributed by atoms with E-state index < -0.39 is 0 Å². The molecule has 0 aromatic heterocycles. The van der Waals surface area contributed by atoms with Gasteiger partial charge in [0.25, 0.3) is 0 Å². The fraction of sp³-hybridized carbons (Fsp3) is 0.533. The molecular formula is C15H22N2O. The fourth-order valence-electron chi connectivity index (χ4n) is 2.32. The summed E-state index contributed by atoms with van der Waals surface area (Å²) in [6.07, 6.45) is 1.01.